The SMILES string of the molecule is Cc1cccc(C(=O)Oc2ccc(Br)cc2/C=N/NC(=O)c2cccc3ccccc23)c1. The summed E-state index contributed by atoms with van der Waals surface area (Å²) < 4.78 is 6.36. The lowest BCUT2D eigenvalue weighted by Crippen LogP contribution is -2.18. The number of nitrogens with zero attached hydrogens (tertiary/aromatic N) is 1. The van der Waals surface area contributed by atoms with Crippen molar-refractivity contribution in [1.29, 1.82) is 0 Å². The topological polar surface area (TPSA) is 67.8 Å². The van der Waals surface area contributed by atoms with Gasteiger partial charge in [-0.15, -0.1) is 0 Å². The van der Waals surface area contributed by atoms with E-state index in [1.165, 1.54) is 6.21 Å². The van der Waals surface area contributed by atoms with Crippen molar-refractivity contribution in [3.63, 3.8) is 0 Å². The molecule has 4 aromatic rings. The summed E-state index contributed by atoms with van der Waals surface area (Å²) in [5, 5.41) is 5.90. The monoisotopic (exact) mass is 486 g/mol. The van der Waals surface area contributed by atoms with Gasteiger partial charge in [0.1, 0.15) is 5.75 Å². The maximum Gasteiger partial charge on any atom is 0.343 e. The van der Waals surface area contributed by atoms with Gasteiger partial charge in [0.25, 0.3) is 5.91 Å². The van der Waals surface area contributed by atoms with Gasteiger partial charge < -0.3 is 4.74 Å². The smallest absolute Gasteiger partial charge is 0.343 e. The molecular formula is C26H19BrN2O3. The van der Waals surface area contributed by atoms with Crippen molar-refractivity contribution < 1.29 is 14.3 Å². The second-order valence-electron chi connectivity index (χ2n) is 7.17. The number of hydrogen-bond donors (Lipinski definition) is 1. The lowest BCUT2D eigenvalue weighted by Gasteiger charge is -2.09. The number of carbonyl (C=O) groups excluding carboxylic acids is 2. The van der Waals surface area contributed by atoms with Crippen LogP contribution in [-0.4, -0.2) is 18.1 Å². The third kappa shape index (κ3) is 4.92. The first-order chi connectivity index (χ1) is 15.5. The molecule has 32 heavy (non-hydrogen) atoms. The number of hydrogen-bond acceptors (Lipinski definition) is 4. The van der Waals surface area contributed by atoms with Crippen LogP contribution in [0.15, 0.2) is 94.5 Å². The van der Waals surface area contributed by atoms with Crippen LogP contribution >= 0.6 is 15.9 Å². The predicted molar refractivity (Wildman–Crippen MR) is 129 cm³/mol. The van der Waals surface area contributed by atoms with E-state index in [9.17, 15) is 9.59 Å². The summed E-state index contributed by atoms with van der Waals surface area (Å²) >= 11 is 3.41. The van der Waals surface area contributed by atoms with E-state index >= 15 is 0 Å². The van der Waals surface area contributed by atoms with Gasteiger partial charge >= 0.3 is 5.97 Å². The maximum atomic E-state index is 12.7. The fraction of sp³-hybridized carbons (Fsp3) is 0.0385. The van der Waals surface area contributed by atoms with Crippen LogP contribution in [0, 0.1) is 6.92 Å². The Labute approximate surface area is 193 Å². The first-order valence-electron chi connectivity index (χ1n) is 9.91. The van der Waals surface area contributed by atoms with E-state index in [1.54, 1.807) is 42.5 Å². The highest BCUT2D eigenvalue weighted by Crippen LogP contribution is 2.23. The summed E-state index contributed by atoms with van der Waals surface area (Å²) in [7, 11) is 0. The Morgan fingerprint density at radius 1 is 0.938 bits per heavy atom. The van der Waals surface area contributed by atoms with Crippen molar-refractivity contribution in [1.82, 2.24) is 5.43 Å². The lowest BCUT2D eigenvalue weighted by atomic mass is 10.0. The van der Waals surface area contributed by atoms with Crippen LogP contribution in [0.1, 0.15) is 31.8 Å². The lowest BCUT2D eigenvalue weighted by molar-refractivity contribution is 0.0734. The van der Waals surface area contributed by atoms with Crippen molar-refractivity contribution in [2.24, 2.45) is 5.10 Å². The average molecular weight is 487 g/mol. The fourth-order valence-corrected chi connectivity index (χ4v) is 3.67. The minimum Gasteiger partial charge on any atom is -0.422 e. The molecule has 0 aliphatic carbocycles. The Kier molecular flexibility index (Phi) is 6.42. The number of ether oxygens (including phenoxy) is 1. The zero-order valence-corrected chi connectivity index (χ0v) is 18.8. The van der Waals surface area contributed by atoms with Gasteiger partial charge in [0.2, 0.25) is 0 Å². The highest BCUT2D eigenvalue weighted by Gasteiger charge is 2.12. The summed E-state index contributed by atoms with van der Waals surface area (Å²) in [6.07, 6.45) is 1.45. The van der Waals surface area contributed by atoms with Crippen molar-refractivity contribution in [2.75, 3.05) is 0 Å². The minimum atomic E-state index is -0.467. The minimum absolute atomic E-state index is 0.327. The van der Waals surface area contributed by atoms with Crippen molar-refractivity contribution >= 4 is 44.8 Å². The van der Waals surface area contributed by atoms with Gasteiger partial charge in [0, 0.05) is 15.6 Å². The summed E-state index contributed by atoms with van der Waals surface area (Å²) in [4.78, 5) is 25.2. The van der Waals surface area contributed by atoms with Crippen LogP contribution in [-0.2, 0) is 0 Å². The average Bonchev–Trinajstić information content (AvgIpc) is 2.80. The number of amides is 1. The summed E-state index contributed by atoms with van der Waals surface area (Å²) in [6.45, 7) is 1.91. The third-order valence-electron chi connectivity index (χ3n) is 4.83. The molecule has 1 amide bonds. The number of aryl methyl sites for hydroxylation is 1. The number of halogens is 1. The molecule has 0 unspecified atom stereocenters. The zero-order valence-electron chi connectivity index (χ0n) is 17.2. The van der Waals surface area contributed by atoms with Crippen molar-refractivity contribution in [3.8, 4) is 5.75 Å². The number of nitrogens with one attached hydrogen (secondary N) is 1. The molecule has 0 atom stereocenters. The molecule has 6 heteroatoms. The van der Waals surface area contributed by atoms with Crippen molar-refractivity contribution in [3.05, 3.63) is 112 Å². The molecule has 0 saturated carbocycles. The van der Waals surface area contributed by atoms with Gasteiger partial charge in [0.15, 0.2) is 0 Å². The molecule has 0 radical (unpaired) electrons. The molecule has 4 aromatic carbocycles. The van der Waals surface area contributed by atoms with E-state index in [0.717, 1.165) is 20.8 Å². The molecular weight excluding hydrogens is 468 g/mol. The molecule has 0 bridgehead atoms. The first kappa shape index (κ1) is 21.5. The quantitative estimate of drug-likeness (QED) is 0.165. The third-order valence-corrected chi connectivity index (χ3v) is 5.33. The predicted octanol–water partition coefficient (Wildman–Crippen LogP) is 5.89. The number of carbonyl (C=O) groups is 2. The summed E-state index contributed by atoms with van der Waals surface area (Å²) in [5.74, 6) is -0.459. The van der Waals surface area contributed by atoms with E-state index in [4.69, 9.17) is 4.74 Å². The molecule has 4 rings (SSSR count). The number of benzene rings is 4. The molecule has 5 nitrogen and oxygen atoms in total. The summed E-state index contributed by atoms with van der Waals surface area (Å²) in [5.41, 5.74) is 5.05. The number of fused-ring (bicyclic) bond motifs is 1. The molecule has 0 heterocycles. The number of hydrazone groups is 1. The maximum absolute atomic E-state index is 12.7. The molecule has 158 valence electrons. The van der Waals surface area contributed by atoms with Crippen LogP contribution in [0.5, 0.6) is 5.75 Å². The van der Waals surface area contributed by atoms with Crippen LogP contribution in [0.2, 0.25) is 0 Å². The molecule has 0 fully saturated rings. The Hall–Kier alpha value is -3.77. The van der Waals surface area contributed by atoms with Gasteiger partial charge in [-0.25, -0.2) is 10.2 Å². The Morgan fingerprint density at radius 3 is 2.56 bits per heavy atom. The zero-order chi connectivity index (χ0) is 22.5. The highest BCUT2D eigenvalue weighted by atomic mass is 79.9. The standard InChI is InChI=1S/C26H19BrN2O3/c1-17-6-4-9-19(14-17)26(31)32-24-13-12-21(27)15-20(24)16-28-29-25(30)23-11-5-8-18-7-2-3-10-22(18)23/h2-16H,1H3,(H,29,30)/b28-16+. The Balaban J connectivity index is 1.53. The normalized spacial score (nSPS) is 10.9. The van der Waals surface area contributed by atoms with Crippen LogP contribution in [0.4, 0.5) is 0 Å². The second kappa shape index (κ2) is 9.58. The van der Waals surface area contributed by atoms with Gasteiger partial charge in [-0.3, -0.25) is 4.79 Å². The highest BCUT2D eigenvalue weighted by molar-refractivity contribution is 9.10. The van der Waals surface area contributed by atoms with E-state index < -0.39 is 5.97 Å². The first-order valence-corrected chi connectivity index (χ1v) is 10.7. The Morgan fingerprint density at radius 2 is 1.72 bits per heavy atom. The fourth-order valence-electron chi connectivity index (χ4n) is 3.29. The molecule has 1 N–H and O–H groups in total. The van der Waals surface area contributed by atoms with E-state index in [-0.39, 0.29) is 5.91 Å². The van der Waals surface area contributed by atoms with Gasteiger partial charge in [-0.05, 0) is 54.1 Å². The van der Waals surface area contributed by atoms with Gasteiger partial charge in [-0.1, -0.05) is 70.0 Å². The molecule has 0 aromatic heterocycles. The largest absolute Gasteiger partial charge is 0.422 e. The van der Waals surface area contributed by atoms with Crippen LogP contribution in [0.3, 0.4) is 0 Å². The van der Waals surface area contributed by atoms with E-state index in [0.29, 0.717) is 22.4 Å². The Bertz CT molecular complexity index is 1340. The van der Waals surface area contributed by atoms with Gasteiger partial charge in [0.05, 0.1) is 11.8 Å². The van der Waals surface area contributed by atoms with E-state index in [2.05, 4.69) is 26.5 Å². The van der Waals surface area contributed by atoms with Crippen LogP contribution < -0.4 is 10.2 Å². The summed E-state index contributed by atoms with van der Waals surface area (Å²) in [6, 6.07) is 25.6. The van der Waals surface area contributed by atoms with E-state index in [1.807, 2.05) is 49.4 Å². The van der Waals surface area contributed by atoms with Crippen LogP contribution in [0.25, 0.3) is 10.8 Å². The number of rotatable bonds is 5. The molecule has 0 spiro atoms. The van der Waals surface area contributed by atoms with Gasteiger partial charge in [-0.2, -0.15) is 5.10 Å². The second-order valence-corrected chi connectivity index (χ2v) is 8.08. The van der Waals surface area contributed by atoms with Crippen molar-refractivity contribution in [2.45, 2.75) is 6.92 Å². The number of esters is 1. The molecule has 0 aliphatic rings. The molecule has 0 aliphatic heterocycles. The molecule has 0 saturated heterocycles.